The first kappa shape index (κ1) is 12.7. The second-order valence-electron chi connectivity index (χ2n) is 5.89. The van der Waals surface area contributed by atoms with E-state index >= 15 is 0 Å². The number of hydrogen-bond acceptors (Lipinski definition) is 3. The molecule has 2 aliphatic rings. The number of thioether (sulfide) groups is 1. The van der Waals surface area contributed by atoms with Gasteiger partial charge in [0.05, 0.1) is 0 Å². The van der Waals surface area contributed by atoms with Crippen LogP contribution in [0.15, 0.2) is 0 Å². The zero-order valence-corrected chi connectivity index (χ0v) is 11.6. The van der Waals surface area contributed by atoms with Crippen LogP contribution in [0.4, 0.5) is 0 Å². The van der Waals surface area contributed by atoms with E-state index in [1.165, 1.54) is 57.6 Å². The maximum atomic E-state index is 3.64. The predicted molar refractivity (Wildman–Crippen MR) is 73.2 cm³/mol. The Morgan fingerprint density at radius 2 is 2.19 bits per heavy atom. The van der Waals surface area contributed by atoms with Gasteiger partial charge in [0.2, 0.25) is 0 Å². The summed E-state index contributed by atoms with van der Waals surface area (Å²) in [6.45, 7) is 9.66. The van der Waals surface area contributed by atoms with Gasteiger partial charge in [-0.25, -0.2) is 0 Å². The first-order chi connectivity index (χ1) is 7.66. The Morgan fingerprint density at radius 1 is 1.31 bits per heavy atom. The Kier molecular flexibility index (Phi) is 4.57. The maximum Gasteiger partial charge on any atom is 0.0252 e. The third-order valence-electron chi connectivity index (χ3n) is 3.61. The molecule has 2 saturated heterocycles. The van der Waals surface area contributed by atoms with Crippen molar-refractivity contribution in [2.45, 2.75) is 50.3 Å². The molecule has 1 unspecified atom stereocenters. The number of nitrogens with one attached hydrogen (secondary N) is 1. The van der Waals surface area contributed by atoms with Gasteiger partial charge in [-0.3, -0.25) is 0 Å². The highest BCUT2D eigenvalue weighted by Gasteiger charge is 2.26. The van der Waals surface area contributed by atoms with Gasteiger partial charge in [-0.05, 0) is 52.0 Å². The third kappa shape index (κ3) is 3.94. The molecule has 0 aromatic heterocycles. The fourth-order valence-corrected chi connectivity index (χ4v) is 4.17. The summed E-state index contributed by atoms with van der Waals surface area (Å²) in [6.07, 6.45) is 5.64. The quantitative estimate of drug-likeness (QED) is 0.800. The maximum absolute atomic E-state index is 3.64. The third-order valence-corrected chi connectivity index (χ3v) is 4.99. The number of nitrogens with zero attached hydrogens (tertiary/aromatic N) is 1. The minimum absolute atomic E-state index is 0.301. The molecule has 2 heterocycles. The monoisotopic (exact) mass is 242 g/mol. The smallest absolute Gasteiger partial charge is 0.0252 e. The summed E-state index contributed by atoms with van der Waals surface area (Å²) in [5, 5.41) is 4.54. The van der Waals surface area contributed by atoms with Crippen molar-refractivity contribution in [3.8, 4) is 0 Å². The summed E-state index contributed by atoms with van der Waals surface area (Å²) in [5.74, 6) is 1.39. The molecular formula is C13H26N2S. The molecule has 94 valence electrons. The average molecular weight is 242 g/mol. The molecule has 0 aromatic carbocycles. The topological polar surface area (TPSA) is 15.3 Å². The molecule has 16 heavy (non-hydrogen) atoms. The van der Waals surface area contributed by atoms with E-state index in [9.17, 15) is 0 Å². The summed E-state index contributed by atoms with van der Waals surface area (Å²) >= 11 is 2.20. The van der Waals surface area contributed by atoms with Crippen LogP contribution in [0.5, 0.6) is 0 Å². The van der Waals surface area contributed by atoms with Crippen molar-refractivity contribution in [1.29, 1.82) is 0 Å². The van der Waals surface area contributed by atoms with E-state index in [4.69, 9.17) is 0 Å². The molecule has 0 aliphatic carbocycles. The van der Waals surface area contributed by atoms with Crippen molar-refractivity contribution < 1.29 is 0 Å². The van der Waals surface area contributed by atoms with Crippen molar-refractivity contribution in [3.63, 3.8) is 0 Å². The molecule has 2 fully saturated rings. The second kappa shape index (κ2) is 5.74. The largest absolute Gasteiger partial charge is 0.310 e. The lowest BCUT2D eigenvalue weighted by atomic mass is 10.1. The summed E-state index contributed by atoms with van der Waals surface area (Å²) in [6, 6.07) is 0. The van der Waals surface area contributed by atoms with E-state index in [0.29, 0.717) is 5.54 Å². The van der Waals surface area contributed by atoms with Gasteiger partial charge in [-0.1, -0.05) is 6.42 Å². The summed E-state index contributed by atoms with van der Waals surface area (Å²) < 4.78 is 0. The first-order valence-electron chi connectivity index (χ1n) is 6.75. The van der Waals surface area contributed by atoms with E-state index in [1.807, 2.05) is 0 Å². The molecule has 2 nitrogen and oxygen atoms in total. The Bertz CT molecular complexity index is 212. The van der Waals surface area contributed by atoms with E-state index in [2.05, 4.69) is 35.8 Å². The van der Waals surface area contributed by atoms with Crippen LogP contribution < -0.4 is 5.32 Å². The zero-order valence-electron chi connectivity index (χ0n) is 10.8. The van der Waals surface area contributed by atoms with E-state index in [1.54, 1.807) is 0 Å². The van der Waals surface area contributed by atoms with E-state index < -0.39 is 0 Å². The van der Waals surface area contributed by atoms with Gasteiger partial charge in [0.1, 0.15) is 0 Å². The molecule has 1 atom stereocenters. The average Bonchev–Trinajstić information content (AvgIpc) is 2.40. The van der Waals surface area contributed by atoms with Crippen LogP contribution in [0.1, 0.15) is 39.5 Å². The Hall–Kier alpha value is 0.270. The summed E-state index contributed by atoms with van der Waals surface area (Å²) in [7, 11) is 0. The van der Waals surface area contributed by atoms with Crippen LogP contribution in [0.2, 0.25) is 0 Å². The van der Waals surface area contributed by atoms with E-state index in [0.717, 1.165) is 5.25 Å². The SMILES string of the molecule is CC1(C)CN(CC2CCCCS2)CCCN1. The number of rotatable bonds is 2. The highest BCUT2D eigenvalue weighted by atomic mass is 32.2. The lowest BCUT2D eigenvalue weighted by molar-refractivity contribution is 0.229. The molecule has 1 N–H and O–H groups in total. The molecule has 2 aliphatic heterocycles. The molecule has 0 spiro atoms. The van der Waals surface area contributed by atoms with Crippen molar-refractivity contribution in [2.24, 2.45) is 0 Å². The van der Waals surface area contributed by atoms with Crippen molar-refractivity contribution >= 4 is 11.8 Å². The van der Waals surface area contributed by atoms with Crippen LogP contribution >= 0.6 is 11.8 Å². The van der Waals surface area contributed by atoms with Gasteiger partial charge in [0.15, 0.2) is 0 Å². The molecular weight excluding hydrogens is 216 g/mol. The summed E-state index contributed by atoms with van der Waals surface area (Å²) in [5.41, 5.74) is 0.301. The van der Waals surface area contributed by atoms with Gasteiger partial charge in [0, 0.05) is 23.9 Å². The Morgan fingerprint density at radius 3 is 2.94 bits per heavy atom. The van der Waals surface area contributed by atoms with Gasteiger partial charge < -0.3 is 10.2 Å². The lowest BCUT2D eigenvalue weighted by Crippen LogP contribution is -2.47. The van der Waals surface area contributed by atoms with Crippen LogP contribution in [-0.4, -0.2) is 47.6 Å². The van der Waals surface area contributed by atoms with Crippen molar-refractivity contribution in [1.82, 2.24) is 10.2 Å². The highest BCUT2D eigenvalue weighted by molar-refractivity contribution is 7.99. The van der Waals surface area contributed by atoms with Crippen molar-refractivity contribution in [3.05, 3.63) is 0 Å². The van der Waals surface area contributed by atoms with Gasteiger partial charge in [0.25, 0.3) is 0 Å². The highest BCUT2D eigenvalue weighted by Crippen LogP contribution is 2.26. The first-order valence-corrected chi connectivity index (χ1v) is 7.80. The zero-order chi connectivity index (χ0) is 11.4. The summed E-state index contributed by atoms with van der Waals surface area (Å²) in [4.78, 5) is 2.68. The normalized spacial score (nSPS) is 32.2. The molecule has 0 aromatic rings. The minimum atomic E-state index is 0.301. The van der Waals surface area contributed by atoms with Gasteiger partial charge in [-0.2, -0.15) is 11.8 Å². The van der Waals surface area contributed by atoms with Crippen LogP contribution in [0.3, 0.4) is 0 Å². The Labute approximate surface area is 105 Å². The predicted octanol–water partition coefficient (Wildman–Crippen LogP) is 2.35. The minimum Gasteiger partial charge on any atom is -0.310 e. The van der Waals surface area contributed by atoms with Crippen LogP contribution in [0, 0.1) is 0 Å². The molecule has 0 bridgehead atoms. The fraction of sp³-hybridized carbons (Fsp3) is 1.00. The lowest BCUT2D eigenvalue weighted by Gasteiger charge is -2.33. The second-order valence-corrected chi connectivity index (χ2v) is 7.30. The van der Waals surface area contributed by atoms with Gasteiger partial charge in [-0.15, -0.1) is 0 Å². The number of hydrogen-bond donors (Lipinski definition) is 1. The fourth-order valence-electron chi connectivity index (χ4n) is 2.82. The van der Waals surface area contributed by atoms with Crippen LogP contribution in [0.25, 0.3) is 0 Å². The molecule has 0 saturated carbocycles. The Balaban J connectivity index is 1.82. The molecule has 2 rings (SSSR count). The standard InChI is InChI=1S/C13H26N2S/c1-13(2)11-15(8-5-7-14-13)10-12-6-3-4-9-16-12/h12,14H,3-11H2,1-2H3. The molecule has 3 heteroatoms. The van der Waals surface area contributed by atoms with E-state index in [-0.39, 0.29) is 0 Å². The van der Waals surface area contributed by atoms with Crippen LogP contribution in [-0.2, 0) is 0 Å². The molecule has 0 radical (unpaired) electrons. The van der Waals surface area contributed by atoms with Crippen molar-refractivity contribution in [2.75, 3.05) is 31.9 Å². The molecule has 0 amide bonds. The van der Waals surface area contributed by atoms with Gasteiger partial charge >= 0.3 is 0 Å².